The molecule has 3 rings (SSSR count). The van der Waals surface area contributed by atoms with E-state index in [2.05, 4.69) is 15.0 Å². The Labute approximate surface area is 164 Å². The summed E-state index contributed by atoms with van der Waals surface area (Å²) in [5.74, 6) is -0.288. The van der Waals surface area contributed by atoms with Crippen LogP contribution in [0.5, 0.6) is 0 Å². The number of amides is 1. The van der Waals surface area contributed by atoms with Crippen molar-refractivity contribution < 1.29 is 22.7 Å². The lowest BCUT2D eigenvalue weighted by Crippen LogP contribution is -2.39. The van der Waals surface area contributed by atoms with Crippen LogP contribution in [0.15, 0.2) is 34.2 Å². The van der Waals surface area contributed by atoms with E-state index < -0.39 is 27.9 Å². The number of fused-ring (bicyclic) bond motifs is 1. The molecule has 0 saturated heterocycles. The number of sulfonamides is 1. The Morgan fingerprint density at radius 3 is 2.79 bits per heavy atom. The summed E-state index contributed by atoms with van der Waals surface area (Å²) in [5, 5.41) is 2.56. The number of nitrogens with one attached hydrogen (secondary N) is 2. The van der Waals surface area contributed by atoms with Crippen LogP contribution in [0.1, 0.15) is 44.6 Å². The van der Waals surface area contributed by atoms with Crippen molar-refractivity contribution in [1.82, 2.24) is 10.0 Å². The second kappa shape index (κ2) is 8.72. The Balaban J connectivity index is 1.68. The first-order valence-electron chi connectivity index (χ1n) is 9.54. The molecule has 1 aliphatic heterocycles. The van der Waals surface area contributed by atoms with Gasteiger partial charge >= 0.3 is 5.97 Å². The summed E-state index contributed by atoms with van der Waals surface area (Å²) in [4.78, 5) is 28.8. The molecule has 1 heterocycles. The zero-order valence-electron chi connectivity index (χ0n) is 15.8. The number of rotatable bonds is 9. The van der Waals surface area contributed by atoms with Gasteiger partial charge in [-0.15, -0.1) is 0 Å². The molecule has 8 nitrogen and oxygen atoms in total. The highest BCUT2D eigenvalue weighted by atomic mass is 32.2. The summed E-state index contributed by atoms with van der Waals surface area (Å²) in [6.07, 6.45) is 4.21. The van der Waals surface area contributed by atoms with E-state index in [1.165, 1.54) is 6.07 Å². The smallest absolute Gasteiger partial charge is 0.325 e. The van der Waals surface area contributed by atoms with Gasteiger partial charge in [-0.2, -0.15) is 0 Å². The van der Waals surface area contributed by atoms with Gasteiger partial charge in [-0.1, -0.05) is 31.9 Å². The van der Waals surface area contributed by atoms with Gasteiger partial charge in [0.05, 0.1) is 11.5 Å². The molecule has 0 radical (unpaired) electrons. The molecule has 2 aliphatic rings. The number of esters is 1. The lowest BCUT2D eigenvalue weighted by molar-refractivity contribution is -0.144. The van der Waals surface area contributed by atoms with Crippen LogP contribution in [0.3, 0.4) is 0 Å². The molecular weight excluding hydrogens is 382 g/mol. The minimum absolute atomic E-state index is 0.145. The lowest BCUT2D eigenvalue weighted by atomic mass is 10.1. The zero-order chi connectivity index (χ0) is 20.1. The third kappa shape index (κ3) is 5.09. The summed E-state index contributed by atoms with van der Waals surface area (Å²) in [5.41, 5.74) is 0.445. The number of unbranched alkanes of at least 4 members (excludes halogenated alkanes) is 1. The van der Waals surface area contributed by atoms with Crippen molar-refractivity contribution in [3.05, 3.63) is 29.8 Å². The Morgan fingerprint density at radius 1 is 1.32 bits per heavy atom. The highest BCUT2D eigenvalue weighted by molar-refractivity contribution is 7.90. The second-order valence-electron chi connectivity index (χ2n) is 7.08. The van der Waals surface area contributed by atoms with Crippen molar-refractivity contribution >= 4 is 27.7 Å². The number of hydrogen-bond donors (Lipinski definition) is 2. The van der Waals surface area contributed by atoms with Crippen LogP contribution < -0.4 is 10.0 Å². The van der Waals surface area contributed by atoms with E-state index in [0.29, 0.717) is 24.5 Å². The summed E-state index contributed by atoms with van der Waals surface area (Å²) in [7, 11) is -3.67. The maximum absolute atomic E-state index is 12.6. The predicted octanol–water partition coefficient (Wildman–Crippen LogP) is 1.35. The SMILES string of the molecule is CCCCC(N=C1NS(=O)(=O)c2ccccc21)C(=O)NCC(=O)OCC1CC1. The Morgan fingerprint density at radius 2 is 2.07 bits per heavy atom. The third-order valence-corrected chi connectivity index (χ3v) is 6.06. The standard InChI is InChI=1S/C19H25N3O5S/c1-2-3-7-15(19(24)20-11-17(23)27-12-13-9-10-13)21-18-14-6-4-5-8-16(14)28(25,26)22-18/h4-6,8,13,15H,2-3,7,9-12H2,1H3,(H,20,24)(H,21,22). The number of hydrogen-bond acceptors (Lipinski definition) is 6. The quantitative estimate of drug-likeness (QED) is 0.600. The Kier molecular flexibility index (Phi) is 6.33. The van der Waals surface area contributed by atoms with Gasteiger partial charge in [0, 0.05) is 5.56 Å². The van der Waals surface area contributed by atoms with Gasteiger partial charge in [-0.25, -0.2) is 8.42 Å². The average Bonchev–Trinajstić information content (AvgIpc) is 3.47. The molecule has 0 bridgehead atoms. The molecule has 1 atom stereocenters. The fraction of sp³-hybridized carbons (Fsp3) is 0.526. The van der Waals surface area contributed by atoms with Crippen LogP contribution in [-0.4, -0.2) is 45.3 Å². The van der Waals surface area contributed by atoms with Gasteiger partial charge in [0.1, 0.15) is 18.4 Å². The van der Waals surface area contributed by atoms with Gasteiger partial charge in [-0.3, -0.25) is 19.3 Å². The summed E-state index contributed by atoms with van der Waals surface area (Å²) >= 11 is 0. The summed E-state index contributed by atoms with van der Waals surface area (Å²) in [6.45, 7) is 2.17. The van der Waals surface area contributed by atoms with Crippen molar-refractivity contribution in [2.75, 3.05) is 13.2 Å². The van der Waals surface area contributed by atoms with E-state index in [4.69, 9.17) is 4.74 Å². The van der Waals surface area contributed by atoms with Crippen LogP contribution in [0.25, 0.3) is 0 Å². The van der Waals surface area contributed by atoms with Crippen LogP contribution >= 0.6 is 0 Å². The molecule has 0 aromatic heterocycles. The van der Waals surface area contributed by atoms with Crippen LogP contribution in [0.4, 0.5) is 0 Å². The molecule has 2 N–H and O–H groups in total. The molecule has 0 spiro atoms. The van der Waals surface area contributed by atoms with Gasteiger partial charge in [-0.05, 0) is 37.3 Å². The average molecular weight is 407 g/mol. The molecule has 1 fully saturated rings. The number of benzene rings is 1. The minimum atomic E-state index is -3.67. The molecule has 28 heavy (non-hydrogen) atoms. The molecule has 152 valence electrons. The number of amidine groups is 1. The first-order chi connectivity index (χ1) is 13.4. The molecular formula is C19H25N3O5S. The van der Waals surface area contributed by atoms with E-state index in [0.717, 1.165) is 25.7 Å². The predicted molar refractivity (Wildman–Crippen MR) is 103 cm³/mol. The zero-order valence-corrected chi connectivity index (χ0v) is 16.6. The van der Waals surface area contributed by atoms with E-state index in [9.17, 15) is 18.0 Å². The van der Waals surface area contributed by atoms with Gasteiger partial charge in [0.2, 0.25) is 5.91 Å². The fourth-order valence-electron chi connectivity index (χ4n) is 2.86. The number of carbonyl (C=O) groups excluding carboxylic acids is 2. The molecule has 1 aliphatic carbocycles. The largest absolute Gasteiger partial charge is 0.464 e. The fourth-order valence-corrected chi connectivity index (χ4v) is 4.10. The van der Waals surface area contributed by atoms with E-state index >= 15 is 0 Å². The van der Waals surface area contributed by atoms with Crippen molar-refractivity contribution in [3.63, 3.8) is 0 Å². The molecule has 1 aromatic rings. The number of ether oxygens (including phenoxy) is 1. The first kappa shape index (κ1) is 20.3. The lowest BCUT2D eigenvalue weighted by Gasteiger charge is -2.13. The minimum Gasteiger partial charge on any atom is -0.464 e. The van der Waals surface area contributed by atoms with Gasteiger partial charge < -0.3 is 10.1 Å². The van der Waals surface area contributed by atoms with Gasteiger partial charge in [0.25, 0.3) is 10.0 Å². The summed E-state index contributed by atoms with van der Waals surface area (Å²) in [6, 6.07) is 5.70. The highest BCUT2D eigenvalue weighted by Crippen LogP contribution is 2.28. The monoisotopic (exact) mass is 407 g/mol. The topological polar surface area (TPSA) is 114 Å². The first-order valence-corrected chi connectivity index (χ1v) is 11.0. The molecule has 1 aromatic carbocycles. The third-order valence-electron chi connectivity index (χ3n) is 4.67. The van der Waals surface area contributed by atoms with Crippen LogP contribution in [0, 0.1) is 5.92 Å². The highest BCUT2D eigenvalue weighted by Gasteiger charge is 2.32. The molecule has 9 heteroatoms. The van der Waals surface area contributed by atoms with E-state index in [-0.39, 0.29) is 17.3 Å². The Hall–Kier alpha value is -2.42. The van der Waals surface area contributed by atoms with E-state index in [1.54, 1.807) is 18.2 Å². The number of carbonyl (C=O) groups is 2. The van der Waals surface area contributed by atoms with Crippen LogP contribution in [-0.2, 0) is 24.3 Å². The number of aliphatic imine (C=N–C) groups is 1. The van der Waals surface area contributed by atoms with Crippen molar-refractivity contribution in [2.24, 2.45) is 10.9 Å². The molecule has 1 saturated carbocycles. The number of nitrogens with zero attached hydrogens (tertiary/aromatic N) is 1. The van der Waals surface area contributed by atoms with Crippen molar-refractivity contribution in [2.45, 2.75) is 50.0 Å². The second-order valence-corrected chi connectivity index (χ2v) is 8.73. The van der Waals surface area contributed by atoms with Gasteiger partial charge in [0.15, 0.2) is 0 Å². The molecule has 1 unspecified atom stereocenters. The Bertz CT molecular complexity index is 877. The maximum atomic E-state index is 12.6. The van der Waals surface area contributed by atoms with Crippen molar-refractivity contribution in [1.29, 1.82) is 0 Å². The molecule has 1 amide bonds. The normalized spacial score (nSPS) is 19.5. The maximum Gasteiger partial charge on any atom is 0.325 e. The van der Waals surface area contributed by atoms with Crippen LogP contribution in [0.2, 0.25) is 0 Å². The summed E-state index contributed by atoms with van der Waals surface area (Å²) < 4.78 is 32.0. The van der Waals surface area contributed by atoms with E-state index in [1.807, 2.05) is 6.92 Å². The van der Waals surface area contributed by atoms with Crippen molar-refractivity contribution in [3.8, 4) is 0 Å².